The molecule has 1 atom stereocenters. The molecule has 49 heavy (non-hydrogen) atoms. The van der Waals surface area contributed by atoms with E-state index in [0.717, 1.165) is 89.9 Å². The summed E-state index contributed by atoms with van der Waals surface area (Å²) in [6, 6.07) is 0. The van der Waals surface area contributed by atoms with Crippen molar-refractivity contribution in [1.29, 1.82) is 0 Å². The molecule has 0 amide bonds. The van der Waals surface area contributed by atoms with Crippen LogP contribution in [0.4, 0.5) is 0 Å². The van der Waals surface area contributed by atoms with Crippen molar-refractivity contribution in [2.45, 2.75) is 265 Å². The van der Waals surface area contributed by atoms with E-state index in [-0.39, 0.29) is 24.1 Å². The highest BCUT2D eigenvalue weighted by Gasteiger charge is 2.14. The Bertz CT molecular complexity index is 719. The van der Waals surface area contributed by atoms with Crippen LogP contribution in [0.2, 0.25) is 0 Å². The molecule has 0 saturated carbocycles. The number of ether oxygens (including phenoxy) is 2. The van der Waals surface area contributed by atoms with Crippen LogP contribution in [0.5, 0.6) is 0 Å². The second kappa shape index (κ2) is 37.9. The molecule has 0 aliphatic rings. The van der Waals surface area contributed by atoms with E-state index < -0.39 is 0 Å². The van der Waals surface area contributed by atoms with E-state index in [2.05, 4.69) is 20.8 Å². The molecule has 0 spiro atoms. The molecule has 0 aliphatic carbocycles. The predicted molar refractivity (Wildman–Crippen MR) is 209 cm³/mol. The summed E-state index contributed by atoms with van der Waals surface area (Å²) >= 11 is 0. The number of ketones is 1. The molecule has 0 radical (unpaired) electrons. The average Bonchev–Trinajstić information content (AvgIpc) is 3.08. The number of esters is 2. The zero-order valence-electron chi connectivity index (χ0n) is 33.4. The fourth-order valence-electron chi connectivity index (χ4n) is 6.73. The van der Waals surface area contributed by atoms with Gasteiger partial charge in [-0.25, -0.2) is 0 Å². The molecule has 0 aromatic heterocycles. The molecule has 0 heterocycles. The van der Waals surface area contributed by atoms with Gasteiger partial charge in [-0.1, -0.05) is 156 Å². The van der Waals surface area contributed by atoms with Gasteiger partial charge in [-0.3, -0.25) is 14.4 Å². The molecule has 0 aromatic carbocycles. The molecule has 1 unspecified atom stereocenters. The van der Waals surface area contributed by atoms with Gasteiger partial charge in [0.1, 0.15) is 11.9 Å². The van der Waals surface area contributed by atoms with Gasteiger partial charge in [-0.05, 0) is 71.1 Å². The Labute approximate surface area is 305 Å². The topological polar surface area (TPSA) is 69.7 Å². The first-order valence-corrected chi connectivity index (χ1v) is 21.8. The lowest BCUT2D eigenvalue weighted by molar-refractivity contribution is -0.150. The maximum Gasteiger partial charge on any atom is 0.306 e. The second-order valence-electron chi connectivity index (χ2n) is 15.2. The van der Waals surface area contributed by atoms with E-state index in [1.165, 1.54) is 109 Å². The highest BCUT2D eigenvalue weighted by Crippen LogP contribution is 2.19. The molecule has 5 nitrogen and oxygen atoms in total. The van der Waals surface area contributed by atoms with E-state index >= 15 is 0 Å². The Morgan fingerprint density at radius 3 is 1.08 bits per heavy atom. The Kier molecular flexibility index (Phi) is 36.8. The second-order valence-corrected chi connectivity index (χ2v) is 15.2. The molecule has 0 aliphatic heterocycles. The summed E-state index contributed by atoms with van der Waals surface area (Å²) in [7, 11) is 0. The number of carbonyl (C=O) groups is 3. The van der Waals surface area contributed by atoms with Crippen molar-refractivity contribution in [1.82, 2.24) is 0 Å². The number of Topliss-reactive ketones (excluding diaryl/α,β-unsaturated/α-hetero) is 1. The largest absolute Gasteiger partial charge is 0.463 e. The molecule has 0 N–H and O–H groups in total. The molecule has 0 bridgehead atoms. The lowest BCUT2D eigenvalue weighted by Crippen LogP contribution is -2.18. The molecule has 0 saturated heterocycles. The summed E-state index contributed by atoms with van der Waals surface area (Å²) < 4.78 is 11.5. The normalized spacial score (nSPS) is 12.0. The van der Waals surface area contributed by atoms with Crippen LogP contribution in [0.1, 0.15) is 252 Å². The van der Waals surface area contributed by atoms with E-state index in [4.69, 9.17) is 9.47 Å². The number of hydrogen-bond donors (Lipinski definition) is 0. The summed E-state index contributed by atoms with van der Waals surface area (Å²) in [5.74, 6) is 0.318. The van der Waals surface area contributed by atoms with Crippen LogP contribution in [0.25, 0.3) is 0 Å². The minimum absolute atomic E-state index is 0.00882. The van der Waals surface area contributed by atoms with Gasteiger partial charge in [0.05, 0.1) is 6.10 Å². The van der Waals surface area contributed by atoms with Crippen LogP contribution in [0.3, 0.4) is 0 Å². The molecular formula is C44H84O5. The van der Waals surface area contributed by atoms with Gasteiger partial charge in [-0.15, -0.1) is 0 Å². The van der Waals surface area contributed by atoms with Crippen molar-refractivity contribution in [3.05, 3.63) is 0 Å². The third kappa shape index (κ3) is 36.2. The Morgan fingerprint density at radius 1 is 0.367 bits per heavy atom. The molecule has 0 fully saturated rings. The van der Waals surface area contributed by atoms with Gasteiger partial charge in [0, 0.05) is 25.7 Å². The van der Waals surface area contributed by atoms with Crippen LogP contribution < -0.4 is 0 Å². The predicted octanol–water partition coefficient (Wildman–Crippen LogP) is 14.1. The van der Waals surface area contributed by atoms with E-state index in [1.54, 1.807) is 0 Å². The van der Waals surface area contributed by atoms with Crippen LogP contribution in [-0.2, 0) is 23.9 Å². The first-order valence-electron chi connectivity index (χ1n) is 21.8. The Balaban J connectivity index is 3.80. The van der Waals surface area contributed by atoms with E-state index in [9.17, 15) is 14.4 Å². The standard InChI is InChI=1S/C44H84O5/c1-5-8-11-14-19-26-33-40(4)48-43(46)38-31-24-17-20-27-34-41(45)35-28-21-18-25-32-39-44(47)49-42(36-29-22-15-12-9-6-2)37-30-23-16-13-10-7-3/h40,42H,5-39H2,1-4H3. The smallest absolute Gasteiger partial charge is 0.306 e. The number of unbranched alkanes of at least 4 members (excludes halogenated alkanes) is 23. The van der Waals surface area contributed by atoms with Gasteiger partial charge in [-0.2, -0.15) is 0 Å². The Morgan fingerprint density at radius 2 is 0.673 bits per heavy atom. The quantitative estimate of drug-likeness (QED) is 0.0474. The molecule has 5 heteroatoms. The monoisotopic (exact) mass is 693 g/mol. The highest BCUT2D eigenvalue weighted by molar-refractivity contribution is 5.78. The van der Waals surface area contributed by atoms with Crippen molar-refractivity contribution < 1.29 is 23.9 Å². The summed E-state index contributed by atoms with van der Waals surface area (Å²) in [6.45, 7) is 8.76. The van der Waals surface area contributed by atoms with Crippen molar-refractivity contribution >= 4 is 17.7 Å². The maximum absolute atomic E-state index is 12.6. The molecular weight excluding hydrogens is 608 g/mol. The van der Waals surface area contributed by atoms with Gasteiger partial charge >= 0.3 is 11.9 Å². The lowest BCUT2D eigenvalue weighted by Gasteiger charge is -2.18. The van der Waals surface area contributed by atoms with Crippen molar-refractivity contribution in [3.8, 4) is 0 Å². The SMILES string of the molecule is CCCCCCCCC(C)OC(=O)CCCCCCCC(=O)CCCCCCCC(=O)OC(CCCCCCCC)CCCCCCCC. The maximum atomic E-state index is 12.6. The zero-order valence-corrected chi connectivity index (χ0v) is 33.4. The summed E-state index contributed by atoms with van der Waals surface area (Å²) in [5.41, 5.74) is 0. The van der Waals surface area contributed by atoms with E-state index in [1.807, 2.05) is 6.92 Å². The Hall–Kier alpha value is -1.39. The zero-order chi connectivity index (χ0) is 36.0. The fourth-order valence-corrected chi connectivity index (χ4v) is 6.73. The van der Waals surface area contributed by atoms with Crippen molar-refractivity contribution in [3.63, 3.8) is 0 Å². The summed E-state index contributed by atoms with van der Waals surface area (Å²) in [6.07, 6.45) is 38.5. The minimum atomic E-state index is -0.0557. The molecule has 290 valence electrons. The van der Waals surface area contributed by atoms with Crippen LogP contribution in [-0.4, -0.2) is 29.9 Å². The van der Waals surface area contributed by atoms with Crippen molar-refractivity contribution in [2.24, 2.45) is 0 Å². The first kappa shape index (κ1) is 47.6. The third-order valence-electron chi connectivity index (χ3n) is 10.0. The van der Waals surface area contributed by atoms with E-state index in [0.29, 0.717) is 31.5 Å². The third-order valence-corrected chi connectivity index (χ3v) is 10.0. The van der Waals surface area contributed by atoms with Gasteiger partial charge in [0.2, 0.25) is 0 Å². The van der Waals surface area contributed by atoms with Crippen molar-refractivity contribution in [2.75, 3.05) is 0 Å². The van der Waals surface area contributed by atoms with Gasteiger partial charge in [0.25, 0.3) is 0 Å². The highest BCUT2D eigenvalue weighted by atomic mass is 16.5. The molecule has 0 rings (SSSR count). The first-order chi connectivity index (χ1) is 23.9. The lowest BCUT2D eigenvalue weighted by atomic mass is 10.0. The molecule has 0 aromatic rings. The average molecular weight is 693 g/mol. The van der Waals surface area contributed by atoms with Crippen LogP contribution >= 0.6 is 0 Å². The van der Waals surface area contributed by atoms with Crippen LogP contribution in [0.15, 0.2) is 0 Å². The van der Waals surface area contributed by atoms with Crippen LogP contribution in [0, 0.1) is 0 Å². The number of hydrogen-bond acceptors (Lipinski definition) is 5. The van der Waals surface area contributed by atoms with Gasteiger partial charge in [0.15, 0.2) is 0 Å². The van der Waals surface area contributed by atoms with Gasteiger partial charge < -0.3 is 9.47 Å². The summed E-state index contributed by atoms with van der Waals surface area (Å²) in [4.78, 5) is 37.0. The number of rotatable bonds is 39. The minimum Gasteiger partial charge on any atom is -0.463 e. The summed E-state index contributed by atoms with van der Waals surface area (Å²) in [5, 5.41) is 0. The fraction of sp³-hybridized carbons (Fsp3) is 0.932. The number of carbonyl (C=O) groups excluding carboxylic acids is 3.